The van der Waals surface area contributed by atoms with Gasteiger partial charge in [-0.3, -0.25) is 9.59 Å². The quantitative estimate of drug-likeness (QED) is 0.830. The molecule has 1 N–H and O–H groups in total. The Morgan fingerprint density at radius 1 is 1.12 bits per heavy atom. The number of nitrogens with zero attached hydrogens (tertiary/aromatic N) is 3. The zero-order chi connectivity index (χ0) is 17.6. The Balaban J connectivity index is 1.54. The van der Waals surface area contributed by atoms with Crippen molar-refractivity contribution in [2.24, 2.45) is 0 Å². The van der Waals surface area contributed by atoms with E-state index >= 15 is 0 Å². The van der Waals surface area contributed by atoms with E-state index in [0.717, 1.165) is 25.9 Å². The maximum atomic E-state index is 13.6. The van der Waals surface area contributed by atoms with Crippen LogP contribution in [0.15, 0.2) is 41.4 Å². The van der Waals surface area contributed by atoms with Crippen molar-refractivity contribution in [3.8, 4) is 0 Å². The van der Waals surface area contributed by atoms with Crippen LogP contribution in [0.25, 0.3) is 0 Å². The van der Waals surface area contributed by atoms with Crippen molar-refractivity contribution in [2.75, 3.05) is 24.2 Å². The smallest absolute Gasteiger partial charge is 0.259 e. The van der Waals surface area contributed by atoms with Crippen molar-refractivity contribution in [2.45, 2.75) is 17.9 Å². The second-order valence-corrected chi connectivity index (χ2v) is 6.56. The van der Waals surface area contributed by atoms with Crippen LogP contribution in [0.3, 0.4) is 0 Å². The molecule has 1 saturated heterocycles. The molecule has 2 heterocycles. The summed E-state index contributed by atoms with van der Waals surface area (Å²) < 4.78 is 13.6. The molecule has 6 nitrogen and oxygen atoms in total. The molecule has 130 valence electrons. The van der Waals surface area contributed by atoms with E-state index in [4.69, 9.17) is 0 Å². The second kappa shape index (κ2) is 8.06. The van der Waals surface area contributed by atoms with Crippen LogP contribution in [0.2, 0.25) is 0 Å². The van der Waals surface area contributed by atoms with Crippen LogP contribution in [-0.2, 0) is 4.79 Å². The number of likely N-dealkylation sites (tertiary alicyclic amines) is 1. The van der Waals surface area contributed by atoms with Crippen LogP contribution >= 0.6 is 11.8 Å². The third kappa shape index (κ3) is 4.54. The van der Waals surface area contributed by atoms with Crippen LogP contribution < -0.4 is 5.32 Å². The van der Waals surface area contributed by atoms with Gasteiger partial charge in [0.2, 0.25) is 5.91 Å². The first-order valence-corrected chi connectivity index (χ1v) is 8.92. The summed E-state index contributed by atoms with van der Waals surface area (Å²) in [6.07, 6.45) is 2.12. The molecular formula is C17H17FN4O2S. The number of benzene rings is 1. The largest absolute Gasteiger partial charge is 0.342 e. The third-order valence-corrected chi connectivity index (χ3v) is 4.71. The van der Waals surface area contributed by atoms with Crippen LogP contribution in [0.1, 0.15) is 23.2 Å². The predicted octanol–water partition coefficient (Wildman–Crippen LogP) is 2.58. The minimum Gasteiger partial charge on any atom is -0.342 e. The zero-order valence-corrected chi connectivity index (χ0v) is 14.3. The maximum absolute atomic E-state index is 13.6. The van der Waals surface area contributed by atoms with E-state index in [9.17, 15) is 14.0 Å². The standard InChI is InChI=1S/C17H17FN4O2S/c18-13-6-2-1-5-12(13)17(24)19-14-7-8-15(21-20-14)25-11-16(23)22-9-3-4-10-22/h1-2,5-8H,3-4,9-11H2,(H,19,20,24). The van der Waals surface area contributed by atoms with Gasteiger partial charge in [0.1, 0.15) is 10.8 Å². The Kier molecular flexibility index (Phi) is 5.60. The van der Waals surface area contributed by atoms with E-state index in [1.54, 1.807) is 18.2 Å². The Labute approximate surface area is 148 Å². The van der Waals surface area contributed by atoms with Crippen molar-refractivity contribution in [1.29, 1.82) is 0 Å². The number of nitrogens with one attached hydrogen (secondary N) is 1. The Bertz CT molecular complexity index is 763. The predicted molar refractivity (Wildman–Crippen MR) is 92.9 cm³/mol. The number of carbonyl (C=O) groups excluding carboxylic acids is 2. The molecule has 0 aliphatic carbocycles. The van der Waals surface area contributed by atoms with Crippen LogP contribution in [0.5, 0.6) is 0 Å². The number of thioether (sulfide) groups is 1. The average molecular weight is 360 g/mol. The van der Waals surface area contributed by atoms with Crippen molar-refractivity contribution in [3.05, 3.63) is 47.8 Å². The first-order valence-electron chi connectivity index (χ1n) is 7.93. The zero-order valence-electron chi connectivity index (χ0n) is 13.4. The number of hydrogen-bond acceptors (Lipinski definition) is 5. The molecular weight excluding hydrogens is 343 g/mol. The lowest BCUT2D eigenvalue weighted by atomic mass is 10.2. The average Bonchev–Trinajstić information content (AvgIpc) is 3.16. The molecule has 0 bridgehead atoms. The fourth-order valence-corrected chi connectivity index (χ4v) is 3.20. The van der Waals surface area contributed by atoms with Crippen LogP contribution in [-0.4, -0.2) is 45.8 Å². The maximum Gasteiger partial charge on any atom is 0.259 e. The molecule has 1 aliphatic heterocycles. The van der Waals surface area contributed by atoms with Gasteiger partial charge in [-0.05, 0) is 37.1 Å². The van der Waals surface area contributed by atoms with Crippen LogP contribution in [0, 0.1) is 5.82 Å². The third-order valence-electron chi connectivity index (χ3n) is 3.80. The highest BCUT2D eigenvalue weighted by Gasteiger charge is 2.18. The lowest BCUT2D eigenvalue weighted by molar-refractivity contribution is -0.127. The SMILES string of the molecule is O=C(Nc1ccc(SCC(=O)N2CCCC2)nn1)c1ccccc1F. The van der Waals surface area contributed by atoms with Crippen molar-refractivity contribution >= 4 is 29.4 Å². The first-order chi connectivity index (χ1) is 12.1. The number of rotatable bonds is 5. The van der Waals surface area contributed by atoms with Crippen LogP contribution in [0.4, 0.5) is 10.2 Å². The summed E-state index contributed by atoms with van der Waals surface area (Å²) in [6, 6.07) is 8.96. The monoisotopic (exact) mass is 360 g/mol. The van der Waals surface area contributed by atoms with E-state index in [1.807, 2.05) is 4.90 Å². The minimum atomic E-state index is -0.597. The molecule has 1 aromatic carbocycles. The molecule has 8 heteroatoms. The van der Waals surface area contributed by atoms with Crippen molar-refractivity contribution in [1.82, 2.24) is 15.1 Å². The van der Waals surface area contributed by atoms with Gasteiger partial charge < -0.3 is 10.2 Å². The highest BCUT2D eigenvalue weighted by atomic mass is 32.2. The van der Waals surface area contributed by atoms with Gasteiger partial charge in [-0.2, -0.15) is 0 Å². The number of anilines is 1. The molecule has 0 unspecified atom stereocenters. The summed E-state index contributed by atoms with van der Waals surface area (Å²) in [5.74, 6) is -0.544. The number of halogens is 1. The topological polar surface area (TPSA) is 75.2 Å². The summed E-state index contributed by atoms with van der Waals surface area (Å²) in [4.78, 5) is 25.8. The lowest BCUT2D eigenvalue weighted by Crippen LogP contribution is -2.29. The number of hydrogen-bond donors (Lipinski definition) is 1. The Morgan fingerprint density at radius 3 is 2.56 bits per heavy atom. The minimum absolute atomic E-state index is 0.0565. The second-order valence-electron chi connectivity index (χ2n) is 5.57. The van der Waals surface area contributed by atoms with E-state index in [-0.39, 0.29) is 17.3 Å². The fraction of sp³-hybridized carbons (Fsp3) is 0.294. The van der Waals surface area contributed by atoms with Gasteiger partial charge in [0.05, 0.1) is 11.3 Å². The lowest BCUT2D eigenvalue weighted by Gasteiger charge is -2.14. The molecule has 0 atom stereocenters. The first kappa shape index (κ1) is 17.3. The summed E-state index contributed by atoms with van der Waals surface area (Å²) >= 11 is 1.30. The van der Waals surface area contributed by atoms with E-state index in [2.05, 4.69) is 15.5 Å². The number of carbonyl (C=O) groups is 2. The van der Waals surface area contributed by atoms with Crippen molar-refractivity contribution in [3.63, 3.8) is 0 Å². The van der Waals surface area contributed by atoms with Crippen molar-refractivity contribution < 1.29 is 14.0 Å². The molecule has 3 rings (SSSR count). The molecule has 0 spiro atoms. The van der Waals surface area contributed by atoms with Gasteiger partial charge in [-0.25, -0.2) is 4.39 Å². The number of aromatic nitrogens is 2. The molecule has 1 fully saturated rings. The molecule has 0 radical (unpaired) electrons. The molecule has 2 aromatic rings. The van der Waals surface area contributed by atoms with Gasteiger partial charge >= 0.3 is 0 Å². The van der Waals surface area contributed by atoms with Gasteiger partial charge in [0, 0.05) is 13.1 Å². The fourth-order valence-electron chi connectivity index (χ4n) is 2.49. The summed E-state index contributed by atoms with van der Waals surface area (Å²) in [7, 11) is 0. The number of amides is 2. The molecule has 25 heavy (non-hydrogen) atoms. The van der Waals surface area contributed by atoms with E-state index < -0.39 is 11.7 Å². The molecule has 1 aliphatic rings. The summed E-state index contributed by atoms with van der Waals surface area (Å²) in [6.45, 7) is 1.65. The van der Waals surface area contributed by atoms with Gasteiger partial charge in [-0.15, -0.1) is 10.2 Å². The molecule has 0 saturated carbocycles. The van der Waals surface area contributed by atoms with Gasteiger partial charge in [0.25, 0.3) is 5.91 Å². The highest BCUT2D eigenvalue weighted by molar-refractivity contribution is 7.99. The van der Waals surface area contributed by atoms with Gasteiger partial charge in [-0.1, -0.05) is 23.9 Å². The summed E-state index contributed by atoms with van der Waals surface area (Å²) in [5.41, 5.74) is -0.0565. The highest BCUT2D eigenvalue weighted by Crippen LogP contribution is 2.18. The summed E-state index contributed by atoms with van der Waals surface area (Å²) in [5, 5.41) is 11.0. The van der Waals surface area contributed by atoms with E-state index in [0.29, 0.717) is 10.8 Å². The molecule has 1 aromatic heterocycles. The van der Waals surface area contributed by atoms with Gasteiger partial charge in [0.15, 0.2) is 5.82 Å². The Hall–Kier alpha value is -2.48. The van der Waals surface area contributed by atoms with E-state index in [1.165, 1.54) is 30.0 Å². The molecule has 2 amide bonds. The Morgan fingerprint density at radius 2 is 1.88 bits per heavy atom. The normalized spacial score (nSPS) is 13.7.